The number of nitrogens with one attached hydrogen (secondary N) is 1. The van der Waals surface area contributed by atoms with Crippen LogP contribution in [0.3, 0.4) is 0 Å². The molecule has 1 aliphatic heterocycles. The molecule has 102 valence electrons. The first-order chi connectivity index (χ1) is 8.74. The summed E-state index contributed by atoms with van der Waals surface area (Å²) in [5.74, 6) is 1.61. The van der Waals surface area contributed by atoms with Crippen molar-refractivity contribution in [2.45, 2.75) is 39.0 Å². The minimum Gasteiger partial charge on any atom is -0.356 e. The number of amides is 1. The summed E-state index contributed by atoms with van der Waals surface area (Å²) >= 11 is 0. The Morgan fingerprint density at radius 1 is 1.33 bits per heavy atom. The van der Waals surface area contributed by atoms with E-state index in [0.717, 1.165) is 12.5 Å². The highest BCUT2D eigenvalue weighted by Gasteiger charge is 2.22. The highest BCUT2D eigenvalue weighted by Crippen LogP contribution is 2.22. The summed E-state index contributed by atoms with van der Waals surface area (Å²) in [5, 5.41) is 2.96. The van der Waals surface area contributed by atoms with Crippen LogP contribution in [0.15, 0.2) is 12.2 Å². The lowest BCUT2D eigenvalue weighted by Crippen LogP contribution is -2.42. The fourth-order valence-electron chi connectivity index (χ4n) is 3.16. The van der Waals surface area contributed by atoms with E-state index in [9.17, 15) is 4.79 Å². The van der Waals surface area contributed by atoms with E-state index in [4.69, 9.17) is 0 Å². The standard InChI is InChI=1S/C15H26N2O/c1-13(18)16-10-15-8-5-9-17(12-15)11-14-6-3-2-4-7-14/h2-3,14-15H,4-12H2,1H3,(H,16,18)/t14-,15+/m1/s1. The molecule has 0 saturated carbocycles. The van der Waals surface area contributed by atoms with Crippen LogP contribution in [0.5, 0.6) is 0 Å². The number of nitrogens with zero attached hydrogens (tertiary/aromatic N) is 1. The Hall–Kier alpha value is -0.830. The zero-order valence-corrected chi connectivity index (χ0v) is 11.5. The lowest BCUT2D eigenvalue weighted by molar-refractivity contribution is -0.119. The number of likely N-dealkylation sites (tertiary alicyclic amines) is 1. The normalized spacial score (nSPS) is 29.2. The summed E-state index contributed by atoms with van der Waals surface area (Å²) in [7, 11) is 0. The first-order valence-corrected chi connectivity index (χ1v) is 7.36. The SMILES string of the molecule is CC(=O)NC[C@@H]1CCCN(C[C@@H]2CC=CCC2)C1. The van der Waals surface area contributed by atoms with Crippen molar-refractivity contribution in [3.8, 4) is 0 Å². The summed E-state index contributed by atoms with van der Waals surface area (Å²) in [6.45, 7) is 6.13. The minimum absolute atomic E-state index is 0.101. The van der Waals surface area contributed by atoms with Gasteiger partial charge in [0.05, 0.1) is 0 Å². The largest absolute Gasteiger partial charge is 0.356 e. The fourth-order valence-corrected chi connectivity index (χ4v) is 3.16. The molecule has 1 amide bonds. The van der Waals surface area contributed by atoms with Crippen LogP contribution in [-0.4, -0.2) is 37.0 Å². The second-order valence-electron chi connectivity index (χ2n) is 5.86. The Labute approximate surface area is 111 Å². The number of rotatable bonds is 4. The van der Waals surface area contributed by atoms with Crippen molar-refractivity contribution in [1.29, 1.82) is 0 Å². The molecule has 3 nitrogen and oxygen atoms in total. The Balaban J connectivity index is 1.72. The molecule has 1 aliphatic carbocycles. The molecule has 0 unspecified atom stereocenters. The van der Waals surface area contributed by atoms with E-state index in [0.29, 0.717) is 5.92 Å². The Bertz CT molecular complexity index is 301. The molecule has 0 aromatic heterocycles. The van der Waals surface area contributed by atoms with Crippen LogP contribution in [0, 0.1) is 11.8 Å². The number of hydrogen-bond donors (Lipinski definition) is 1. The van der Waals surface area contributed by atoms with Crippen LogP contribution < -0.4 is 5.32 Å². The van der Waals surface area contributed by atoms with Gasteiger partial charge in [0.1, 0.15) is 0 Å². The molecule has 1 N–H and O–H groups in total. The van der Waals surface area contributed by atoms with E-state index in [2.05, 4.69) is 22.4 Å². The zero-order valence-electron chi connectivity index (χ0n) is 11.5. The molecule has 2 aliphatic rings. The molecule has 1 fully saturated rings. The van der Waals surface area contributed by atoms with Crippen molar-refractivity contribution < 1.29 is 4.79 Å². The average Bonchev–Trinajstić information content (AvgIpc) is 2.38. The van der Waals surface area contributed by atoms with E-state index in [1.54, 1.807) is 6.92 Å². The van der Waals surface area contributed by atoms with Gasteiger partial charge in [-0.25, -0.2) is 0 Å². The Kier molecular flexibility index (Phi) is 5.24. The predicted molar refractivity (Wildman–Crippen MR) is 74.3 cm³/mol. The molecular weight excluding hydrogens is 224 g/mol. The van der Waals surface area contributed by atoms with Gasteiger partial charge in [-0.2, -0.15) is 0 Å². The van der Waals surface area contributed by atoms with Crippen LogP contribution >= 0.6 is 0 Å². The van der Waals surface area contributed by atoms with E-state index in [-0.39, 0.29) is 5.91 Å². The van der Waals surface area contributed by atoms with Crippen LogP contribution in [0.4, 0.5) is 0 Å². The summed E-state index contributed by atoms with van der Waals surface area (Å²) < 4.78 is 0. The van der Waals surface area contributed by atoms with Gasteiger partial charge >= 0.3 is 0 Å². The molecule has 0 aromatic rings. The van der Waals surface area contributed by atoms with E-state index < -0.39 is 0 Å². The van der Waals surface area contributed by atoms with Crippen molar-refractivity contribution in [3.63, 3.8) is 0 Å². The first-order valence-electron chi connectivity index (χ1n) is 7.36. The molecular formula is C15H26N2O. The lowest BCUT2D eigenvalue weighted by Gasteiger charge is -2.35. The third kappa shape index (κ3) is 4.45. The van der Waals surface area contributed by atoms with Gasteiger partial charge in [-0.15, -0.1) is 0 Å². The van der Waals surface area contributed by atoms with Gasteiger partial charge in [-0.3, -0.25) is 4.79 Å². The Morgan fingerprint density at radius 3 is 2.94 bits per heavy atom. The van der Waals surface area contributed by atoms with Crippen molar-refractivity contribution >= 4 is 5.91 Å². The quantitative estimate of drug-likeness (QED) is 0.776. The third-order valence-electron chi connectivity index (χ3n) is 4.14. The highest BCUT2D eigenvalue weighted by atomic mass is 16.1. The van der Waals surface area contributed by atoms with E-state index in [1.807, 2.05) is 0 Å². The van der Waals surface area contributed by atoms with Crippen LogP contribution in [0.2, 0.25) is 0 Å². The minimum atomic E-state index is 0.101. The molecule has 0 radical (unpaired) electrons. The lowest BCUT2D eigenvalue weighted by atomic mass is 9.91. The highest BCUT2D eigenvalue weighted by molar-refractivity contribution is 5.72. The molecule has 0 aromatic carbocycles. The summed E-state index contributed by atoms with van der Waals surface area (Å²) in [6, 6.07) is 0. The Morgan fingerprint density at radius 2 is 2.22 bits per heavy atom. The summed E-state index contributed by atoms with van der Waals surface area (Å²) in [4.78, 5) is 13.6. The van der Waals surface area contributed by atoms with Gasteiger partial charge in [0.15, 0.2) is 0 Å². The monoisotopic (exact) mass is 250 g/mol. The van der Waals surface area contributed by atoms with Gasteiger partial charge in [-0.1, -0.05) is 12.2 Å². The maximum absolute atomic E-state index is 11.0. The molecule has 2 rings (SSSR count). The molecule has 0 bridgehead atoms. The second-order valence-corrected chi connectivity index (χ2v) is 5.86. The molecule has 1 heterocycles. The zero-order chi connectivity index (χ0) is 12.8. The maximum Gasteiger partial charge on any atom is 0.216 e. The molecule has 18 heavy (non-hydrogen) atoms. The second kappa shape index (κ2) is 6.93. The average molecular weight is 250 g/mol. The van der Waals surface area contributed by atoms with E-state index in [1.165, 1.54) is 51.7 Å². The van der Waals surface area contributed by atoms with Crippen LogP contribution in [0.25, 0.3) is 0 Å². The summed E-state index contributed by atoms with van der Waals surface area (Å²) in [6.07, 6.45) is 11.1. The van der Waals surface area contributed by atoms with Crippen molar-refractivity contribution in [2.24, 2.45) is 11.8 Å². The smallest absolute Gasteiger partial charge is 0.216 e. The molecule has 0 spiro atoms. The van der Waals surface area contributed by atoms with Gasteiger partial charge in [-0.05, 0) is 50.5 Å². The predicted octanol–water partition coefficient (Wildman–Crippen LogP) is 2.19. The number of hydrogen-bond acceptors (Lipinski definition) is 2. The molecule has 3 heteroatoms. The molecule has 2 atom stereocenters. The van der Waals surface area contributed by atoms with Gasteiger partial charge in [0.2, 0.25) is 5.91 Å². The fraction of sp³-hybridized carbons (Fsp3) is 0.800. The number of allylic oxidation sites excluding steroid dienone is 2. The van der Waals surface area contributed by atoms with Gasteiger partial charge in [0.25, 0.3) is 0 Å². The molecule has 1 saturated heterocycles. The van der Waals surface area contributed by atoms with Crippen molar-refractivity contribution in [2.75, 3.05) is 26.2 Å². The number of piperidine rings is 1. The van der Waals surface area contributed by atoms with Gasteiger partial charge in [0, 0.05) is 26.6 Å². The maximum atomic E-state index is 11.0. The number of carbonyl (C=O) groups excluding carboxylic acids is 1. The third-order valence-corrected chi connectivity index (χ3v) is 4.14. The number of carbonyl (C=O) groups is 1. The summed E-state index contributed by atoms with van der Waals surface area (Å²) in [5.41, 5.74) is 0. The van der Waals surface area contributed by atoms with Gasteiger partial charge < -0.3 is 10.2 Å². The van der Waals surface area contributed by atoms with E-state index >= 15 is 0 Å². The first kappa shape index (κ1) is 13.6. The van der Waals surface area contributed by atoms with Crippen molar-refractivity contribution in [3.05, 3.63) is 12.2 Å². The van der Waals surface area contributed by atoms with Crippen LogP contribution in [0.1, 0.15) is 39.0 Å². The topological polar surface area (TPSA) is 32.3 Å². The van der Waals surface area contributed by atoms with Crippen LogP contribution in [-0.2, 0) is 4.79 Å². The van der Waals surface area contributed by atoms with Crippen molar-refractivity contribution in [1.82, 2.24) is 10.2 Å².